The highest BCUT2D eigenvalue weighted by molar-refractivity contribution is 6.32. The Hall–Kier alpha value is -4.36. The van der Waals surface area contributed by atoms with Gasteiger partial charge in [0, 0.05) is 42.6 Å². The molecule has 0 unspecified atom stereocenters. The molecule has 2 amide bonds. The number of benzene rings is 2. The van der Waals surface area contributed by atoms with Crippen LogP contribution in [0.2, 0.25) is 5.02 Å². The van der Waals surface area contributed by atoms with Gasteiger partial charge in [0.05, 0.1) is 11.7 Å². The second-order valence-corrected chi connectivity index (χ2v) is 10.5. The van der Waals surface area contributed by atoms with Gasteiger partial charge in [0.25, 0.3) is 5.91 Å². The minimum Gasteiger partial charge on any atom is -0.447 e. The fourth-order valence-electron chi connectivity index (χ4n) is 4.61. The highest BCUT2D eigenvalue weighted by Gasteiger charge is 2.40. The van der Waals surface area contributed by atoms with Gasteiger partial charge in [0.1, 0.15) is 6.61 Å². The number of likely N-dealkylation sites (N-methyl/N-ethyl adjacent to an activating group) is 1. The van der Waals surface area contributed by atoms with Gasteiger partial charge in [-0.3, -0.25) is 9.69 Å². The van der Waals surface area contributed by atoms with Crippen molar-refractivity contribution < 1.29 is 23.1 Å². The standard InChI is InChI=1S/C29H35ClF2N8O3/c1-35-12-19(13-37-27(31)32)16-3-5-17(6-4-16)25-26(41)40(28(34)39-25)24(15-43-29(42)38-20-8-9-20)18-7-10-22(30)21(11-18)23(33)14-36-2/h3-7,10-11,13-14,20,24-25,27,35-37H,8-9,12,15,33H2,1-2H3,(H2,34,39)(H,38,42)/b19-13+,23-14-/t24-,25-/m1/s1. The quantitative estimate of drug-likeness (QED) is 0.187. The van der Waals surface area contributed by atoms with Gasteiger partial charge in [-0.05, 0) is 54.3 Å². The molecule has 1 fully saturated rings. The molecule has 2 atom stereocenters. The number of guanidine groups is 1. The molecule has 0 spiro atoms. The van der Waals surface area contributed by atoms with Crippen LogP contribution in [0.5, 0.6) is 0 Å². The summed E-state index contributed by atoms with van der Waals surface area (Å²) in [4.78, 5) is 32.0. The molecule has 1 aliphatic heterocycles. The lowest BCUT2D eigenvalue weighted by atomic mass is 9.99. The molecule has 0 aromatic heterocycles. The van der Waals surface area contributed by atoms with Crippen molar-refractivity contribution in [2.24, 2.45) is 16.5 Å². The summed E-state index contributed by atoms with van der Waals surface area (Å²) in [7, 11) is 3.41. The van der Waals surface area contributed by atoms with E-state index in [1.54, 1.807) is 62.8 Å². The maximum atomic E-state index is 13.8. The summed E-state index contributed by atoms with van der Waals surface area (Å²) in [6.07, 6.45) is 4.00. The molecular weight excluding hydrogens is 582 g/mol. The lowest BCUT2D eigenvalue weighted by Crippen LogP contribution is -2.43. The first-order valence-corrected chi connectivity index (χ1v) is 14.0. The van der Waals surface area contributed by atoms with Crippen LogP contribution in [0.1, 0.15) is 47.2 Å². The van der Waals surface area contributed by atoms with Crippen LogP contribution in [0.25, 0.3) is 11.3 Å². The Morgan fingerprint density at radius 2 is 1.91 bits per heavy atom. The average molecular weight is 617 g/mol. The van der Waals surface area contributed by atoms with Crippen LogP contribution >= 0.6 is 11.6 Å². The van der Waals surface area contributed by atoms with Crippen LogP contribution in [0.3, 0.4) is 0 Å². The molecule has 43 heavy (non-hydrogen) atoms. The highest BCUT2D eigenvalue weighted by Crippen LogP contribution is 2.35. The first-order valence-electron chi connectivity index (χ1n) is 13.6. The molecule has 230 valence electrons. The Bertz CT molecular complexity index is 1410. The molecule has 1 saturated carbocycles. The number of ether oxygens (including phenoxy) is 1. The Morgan fingerprint density at radius 1 is 1.19 bits per heavy atom. The van der Waals surface area contributed by atoms with Crippen molar-refractivity contribution in [3.63, 3.8) is 0 Å². The molecule has 0 saturated heterocycles. The summed E-state index contributed by atoms with van der Waals surface area (Å²) in [6.45, 7) is -2.57. The van der Waals surface area contributed by atoms with Gasteiger partial charge in [0.2, 0.25) is 0 Å². The summed E-state index contributed by atoms with van der Waals surface area (Å²) in [6, 6.07) is 10.2. The zero-order valence-electron chi connectivity index (χ0n) is 23.7. The van der Waals surface area contributed by atoms with Crippen LogP contribution in [0.4, 0.5) is 13.6 Å². The summed E-state index contributed by atoms with van der Waals surface area (Å²) in [5.41, 5.74) is 15.8. The molecule has 14 heteroatoms. The van der Waals surface area contributed by atoms with Gasteiger partial charge in [-0.2, -0.15) is 8.78 Å². The zero-order chi connectivity index (χ0) is 31.1. The lowest BCUT2D eigenvalue weighted by molar-refractivity contribution is -0.129. The third-order valence-corrected chi connectivity index (χ3v) is 7.23. The first kappa shape index (κ1) is 31.6. The molecule has 2 aromatic rings. The number of hydrogen-bond donors (Lipinski definition) is 6. The van der Waals surface area contributed by atoms with E-state index in [2.05, 4.69) is 20.9 Å². The third-order valence-electron chi connectivity index (χ3n) is 6.90. The van der Waals surface area contributed by atoms with E-state index < -0.39 is 30.6 Å². The van der Waals surface area contributed by atoms with Crippen molar-refractivity contribution in [2.45, 2.75) is 37.5 Å². The molecule has 0 bridgehead atoms. The van der Waals surface area contributed by atoms with E-state index in [1.165, 1.54) is 11.1 Å². The van der Waals surface area contributed by atoms with Gasteiger partial charge in [-0.1, -0.05) is 41.9 Å². The van der Waals surface area contributed by atoms with Crippen LogP contribution in [-0.4, -0.2) is 62.7 Å². The second kappa shape index (κ2) is 14.2. The average Bonchev–Trinajstić information content (AvgIpc) is 3.75. The van der Waals surface area contributed by atoms with Crippen molar-refractivity contribution in [1.29, 1.82) is 0 Å². The fourth-order valence-corrected chi connectivity index (χ4v) is 4.84. The van der Waals surface area contributed by atoms with Crippen LogP contribution < -0.4 is 32.7 Å². The number of nitrogens with two attached hydrogens (primary N) is 2. The SMILES string of the molecule is CN/C=C(\N)c1cc([C@@H](COC(=O)NC2CC2)N2C(=O)[C@@H](c3ccc(/C(=C/NC(F)F)CNC)cc3)N=C2N)ccc1Cl. The Kier molecular flexibility index (Phi) is 10.4. The monoisotopic (exact) mass is 616 g/mol. The maximum Gasteiger partial charge on any atom is 0.407 e. The first-order chi connectivity index (χ1) is 20.6. The third kappa shape index (κ3) is 7.93. The van der Waals surface area contributed by atoms with Crippen molar-refractivity contribution >= 4 is 40.8 Å². The molecule has 1 heterocycles. The summed E-state index contributed by atoms with van der Waals surface area (Å²) >= 11 is 6.41. The smallest absolute Gasteiger partial charge is 0.407 e. The second-order valence-electron chi connectivity index (χ2n) is 10.0. The van der Waals surface area contributed by atoms with Gasteiger partial charge >= 0.3 is 12.6 Å². The van der Waals surface area contributed by atoms with E-state index in [9.17, 15) is 18.4 Å². The number of alkyl carbamates (subject to hydrolysis) is 1. The van der Waals surface area contributed by atoms with Crippen LogP contribution in [0, 0.1) is 0 Å². The molecular formula is C29H35ClF2N8O3. The van der Waals surface area contributed by atoms with E-state index >= 15 is 0 Å². The maximum absolute atomic E-state index is 13.8. The Balaban J connectivity index is 1.62. The van der Waals surface area contributed by atoms with Gasteiger partial charge in [-0.25, -0.2) is 9.79 Å². The van der Waals surface area contributed by atoms with Gasteiger partial charge < -0.3 is 37.5 Å². The fraction of sp³-hybridized carbons (Fsp3) is 0.345. The normalized spacial score (nSPS) is 18.0. The molecule has 2 aliphatic rings. The van der Waals surface area contributed by atoms with E-state index in [4.69, 9.17) is 27.8 Å². The Labute approximate surface area is 253 Å². The molecule has 8 N–H and O–H groups in total. The van der Waals surface area contributed by atoms with Gasteiger partial charge in [0.15, 0.2) is 12.0 Å². The highest BCUT2D eigenvalue weighted by atomic mass is 35.5. The van der Waals surface area contributed by atoms with E-state index in [0.29, 0.717) is 45.1 Å². The predicted molar refractivity (Wildman–Crippen MR) is 162 cm³/mol. The molecule has 4 rings (SSSR count). The molecule has 11 nitrogen and oxygen atoms in total. The zero-order valence-corrected chi connectivity index (χ0v) is 24.5. The molecule has 0 radical (unpaired) electrons. The number of nitrogens with one attached hydrogen (secondary N) is 4. The van der Waals surface area contributed by atoms with E-state index in [1.807, 2.05) is 5.32 Å². The molecule has 1 aliphatic carbocycles. The number of aliphatic imine (C=N–C) groups is 1. The number of carbonyl (C=O) groups excluding carboxylic acids is 2. The number of alkyl halides is 2. The van der Waals surface area contributed by atoms with Crippen LogP contribution in [0.15, 0.2) is 59.9 Å². The minimum absolute atomic E-state index is 0.0533. The Morgan fingerprint density at radius 3 is 2.53 bits per heavy atom. The lowest BCUT2D eigenvalue weighted by Gasteiger charge is -2.28. The number of rotatable bonds is 13. The summed E-state index contributed by atoms with van der Waals surface area (Å²) in [5, 5.41) is 11.0. The topological polar surface area (TPSA) is 159 Å². The van der Waals surface area contributed by atoms with Crippen LogP contribution in [-0.2, 0) is 9.53 Å². The summed E-state index contributed by atoms with van der Waals surface area (Å²) in [5.74, 6) is -0.482. The van der Waals surface area contributed by atoms with Crippen molar-refractivity contribution in [3.8, 4) is 0 Å². The van der Waals surface area contributed by atoms with Crippen molar-refractivity contribution in [3.05, 3.63) is 82.1 Å². The molecule has 2 aromatic carbocycles. The van der Waals surface area contributed by atoms with E-state index in [-0.39, 0.29) is 18.6 Å². The summed E-state index contributed by atoms with van der Waals surface area (Å²) < 4.78 is 30.9. The number of amides is 2. The number of carbonyl (C=O) groups is 2. The largest absolute Gasteiger partial charge is 0.447 e. The minimum atomic E-state index is -2.70. The predicted octanol–water partition coefficient (Wildman–Crippen LogP) is 3.02. The van der Waals surface area contributed by atoms with Crippen molar-refractivity contribution in [2.75, 3.05) is 27.2 Å². The van der Waals surface area contributed by atoms with E-state index in [0.717, 1.165) is 12.8 Å². The van der Waals surface area contributed by atoms with Crippen molar-refractivity contribution in [1.82, 2.24) is 26.2 Å². The number of hydrogen-bond acceptors (Lipinski definition) is 9. The number of halogens is 3. The number of nitrogens with zero attached hydrogens (tertiary/aromatic N) is 2. The van der Waals surface area contributed by atoms with Gasteiger partial charge in [-0.15, -0.1) is 0 Å².